The molecule has 0 aromatic carbocycles. The summed E-state index contributed by atoms with van der Waals surface area (Å²) in [6.45, 7) is 7.86. The molecule has 166 valence electrons. The molecule has 31 heavy (non-hydrogen) atoms. The predicted octanol–water partition coefficient (Wildman–Crippen LogP) is 2.26. The van der Waals surface area contributed by atoms with Crippen LogP contribution in [0.15, 0.2) is 29.1 Å². The van der Waals surface area contributed by atoms with Crippen molar-refractivity contribution in [2.24, 2.45) is 7.05 Å². The van der Waals surface area contributed by atoms with Crippen LogP contribution in [0.5, 0.6) is 0 Å². The van der Waals surface area contributed by atoms with Crippen molar-refractivity contribution in [2.75, 3.05) is 23.3 Å². The number of hydrogen-bond acceptors (Lipinski definition) is 7. The largest absolute Gasteiger partial charge is 0.334 e. The van der Waals surface area contributed by atoms with Crippen LogP contribution in [0.3, 0.4) is 0 Å². The van der Waals surface area contributed by atoms with E-state index in [2.05, 4.69) is 46.6 Å². The molecular weight excluding hydrogens is 464 g/mol. The van der Waals surface area contributed by atoms with Crippen molar-refractivity contribution < 1.29 is 9.59 Å². The minimum absolute atomic E-state index is 0.241. The maximum Gasteiger partial charge on any atom is 0.274 e. The second kappa shape index (κ2) is 10.0. The van der Waals surface area contributed by atoms with Gasteiger partial charge < -0.3 is 20.3 Å². The van der Waals surface area contributed by atoms with Crippen LogP contribution in [-0.4, -0.2) is 62.2 Å². The number of aromatic nitrogens is 5. The van der Waals surface area contributed by atoms with Crippen LogP contribution in [0.4, 0.5) is 11.6 Å². The monoisotopic (exact) mass is 490 g/mol. The fourth-order valence-corrected chi connectivity index (χ4v) is 4.33. The number of amides is 1. The molecule has 6 rings (SSSR count). The first kappa shape index (κ1) is 22.9. The number of piperazine rings is 1. The molecular formula is C20H27BrN8O2. The standard InChI is InChI=1S/C17H19BrN8O.C2H6.CH2O/c1-24-9-13(15(18)22-24)21-16(27)14-5-4-12-7-20-17(23-26(12)14)25-8-10-2-3-11(25)6-19-10;2*1-2/h4-5,7,9-11,19H,2-3,6,8H2,1H3,(H,21,27);1-2H3;1H2. The Balaban J connectivity index is 0.000000645. The molecule has 0 saturated carbocycles. The summed E-state index contributed by atoms with van der Waals surface area (Å²) in [5.41, 5.74) is 1.87. The van der Waals surface area contributed by atoms with Gasteiger partial charge in [-0.1, -0.05) is 13.8 Å². The van der Waals surface area contributed by atoms with E-state index >= 15 is 0 Å². The minimum atomic E-state index is -0.241. The van der Waals surface area contributed by atoms with Gasteiger partial charge in [0, 0.05) is 38.4 Å². The lowest BCUT2D eigenvalue weighted by Crippen LogP contribution is -2.61. The minimum Gasteiger partial charge on any atom is -0.334 e. The third-order valence-electron chi connectivity index (χ3n) is 5.26. The van der Waals surface area contributed by atoms with Crippen LogP contribution >= 0.6 is 15.9 Å². The summed E-state index contributed by atoms with van der Waals surface area (Å²) < 4.78 is 3.89. The molecule has 3 fully saturated rings. The van der Waals surface area contributed by atoms with Crippen molar-refractivity contribution >= 4 is 45.8 Å². The van der Waals surface area contributed by atoms with Gasteiger partial charge in [0.2, 0.25) is 5.95 Å². The number of piperidine rings is 2. The third-order valence-corrected chi connectivity index (χ3v) is 5.84. The first-order valence-corrected chi connectivity index (χ1v) is 11.0. The number of carbonyl (C=O) groups is 2. The van der Waals surface area contributed by atoms with Crippen molar-refractivity contribution in [3.63, 3.8) is 0 Å². The number of nitrogens with zero attached hydrogens (tertiary/aromatic N) is 6. The van der Waals surface area contributed by atoms with Crippen LogP contribution in [-0.2, 0) is 11.8 Å². The number of carbonyl (C=O) groups excluding carboxylic acids is 2. The molecule has 2 atom stereocenters. The van der Waals surface area contributed by atoms with E-state index in [4.69, 9.17) is 4.79 Å². The molecule has 11 heteroatoms. The Morgan fingerprint density at radius 1 is 1.26 bits per heavy atom. The fourth-order valence-electron chi connectivity index (χ4n) is 3.88. The number of nitrogens with one attached hydrogen (secondary N) is 2. The van der Waals surface area contributed by atoms with E-state index in [9.17, 15) is 4.79 Å². The Labute approximate surface area is 189 Å². The van der Waals surface area contributed by atoms with E-state index in [0.29, 0.717) is 34.0 Å². The van der Waals surface area contributed by atoms with Gasteiger partial charge in [-0.05, 0) is 40.9 Å². The van der Waals surface area contributed by atoms with E-state index < -0.39 is 0 Å². The first-order valence-electron chi connectivity index (χ1n) is 10.2. The number of halogens is 1. The number of rotatable bonds is 3. The van der Waals surface area contributed by atoms with Crippen molar-refractivity contribution in [3.05, 3.63) is 34.8 Å². The summed E-state index contributed by atoms with van der Waals surface area (Å²) in [4.78, 5) is 27.6. The predicted molar refractivity (Wildman–Crippen MR) is 122 cm³/mol. The Hall–Kier alpha value is -2.79. The molecule has 6 heterocycles. The highest BCUT2D eigenvalue weighted by molar-refractivity contribution is 9.10. The van der Waals surface area contributed by atoms with Gasteiger partial charge in [0.25, 0.3) is 5.91 Å². The van der Waals surface area contributed by atoms with Crippen LogP contribution in [0.2, 0.25) is 0 Å². The zero-order valence-electron chi connectivity index (χ0n) is 17.9. The van der Waals surface area contributed by atoms with E-state index in [1.54, 1.807) is 34.7 Å². The van der Waals surface area contributed by atoms with Gasteiger partial charge in [0.1, 0.15) is 12.5 Å². The summed E-state index contributed by atoms with van der Waals surface area (Å²) >= 11 is 3.35. The zero-order valence-corrected chi connectivity index (χ0v) is 19.5. The van der Waals surface area contributed by atoms with Crippen molar-refractivity contribution in [3.8, 4) is 0 Å². The molecule has 2 N–H and O–H groups in total. The maximum absolute atomic E-state index is 12.8. The molecule has 0 radical (unpaired) electrons. The Bertz CT molecular complexity index is 1040. The van der Waals surface area contributed by atoms with E-state index in [0.717, 1.165) is 25.0 Å². The van der Waals surface area contributed by atoms with Crippen molar-refractivity contribution in [2.45, 2.75) is 38.8 Å². The number of hydrogen-bond donors (Lipinski definition) is 2. The van der Waals surface area contributed by atoms with Gasteiger partial charge >= 0.3 is 0 Å². The molecule has 2 unspecified atom stereocenters. The quantitative estimate of drug-likeness (QED) is 0.579. The third kappa shape index (κ3) is 4.62. The normalized spacial score (nSPS) is 19.3. The lowest BCUT2D eigenvalue weighted by molar-refractivity contribution is -0.0980. The van der Waals surface area contributed by atoms with Crippen molar-refractivity contribution in [1.29, 1.82) is 0 Å². The summed E-state index contributed by atoms with van der Waals surface area (Å²) in [5, 5.41) is 15.3. The molecule has 3 aliphatic heterocycles. The lowest BCUT2D eigenvalue weighted by Gasteiger charge is -2.45. The molecule has 10 nitrogen and oxygen atoms in total. The summed E-state index contributed by atoms with van der Waals surface area (Å²) in [6.07, 6.45) is 5.86. The molecule has 0 spiro atoms. The SMILES string of the molecule is C=O.CC.Cn1cc(NC(=O)c2ccc3cnc(N4CC5CCC4CN5)nn23)c(Br)n1. The fraction of sp³-hybridized carbons (Fsp3) is 0.450. The van der Waals surface area contributed by atoms with Gasteiger partial charge in [0.05, 0.1) is 17.4 Å². The zero-order chi connectivity index (χ0) is 22.5. The Kier molecular flexibility index (Phi) is 7.39. The van der Waals surface area contributed by atoms with Gasteiger partial charge in [-0.3, -0.25) is 9.48 Å². The Morgan fingerprint density at radius 3 is 2.61 bits per heavy atom. The van der Waals surface area contributed by atoms with E-state index in [1.807, 2.05) is 26.7 Å². The average molecular weight is 491 g/mol. The van der Waals surface area contributed by atoms with Gasteiger partial charge in [0.15, 0.2) is 4.60 Å². The lowest BCUT2D eigenvalue weighted by atomic mass is 9.93. The van der Waals surface area contributed by atoms with E-state index in [1.165, 1.54) is 6.42 Å². The topological polar surface area (TPSA) is 109 Å². The van der Waals surface area contributed by atoms with Gasteiger partial charge in [-0.2, -0.15) is 5.10 Å². The second-order valence-corrected chi connectivity index (χ2v) is 7.81. The highest BCUT2D eigenvalue weighted by atomic mass is 79.9. The Morgan fingerprint density at radius 2 is 2.03 bits per heavy atom. The number of aryl methyl sites for hydroxylation is 1. The highest BCUT2D eigenvalue weighted by Gasteiger charge is 2.35. The molecule has 3 aromatic heterocycles. The maximum atomic E-state index is 12.8. The second-order valence-electron chi connectivity index (χ2n) is 7.06. The molecule has 1 amide bonds. The molecule has 3 saturated heterocycles. The van der Waals surface area contributed by atoms with Crippen LogP contribution in [0.1, 0.15) is 37.2 Å². The molecule has 0 aliphatic carbocycles. The summed E-state index contributed by atoms with van der Waals surface area (Å²) in [6, 6.07) is 4.51. The highest BCUT2D eigenvalue weighted by Crippen LogP contribution is 2.26. The van der Waals surface area contributed by atoms with Crippen molar-refractivity contribution in [1.82, 2.24) is 29.7 Å². The average Bonchev–Trinajstić information content (AvgIpc) is 3.39. The van der Waals surface area contributed by atoms with E-state index in [-0.39, 0.29) is 5.91 Å². The van der Waals surface area contributed by atoms with Crippen LogP contribution in [0, 0.1) is 0 Å². The molecule has 2 bridgehead atoms. The molecule has 3 aromatic rings. The first-order chi connectivity index (χ1) is 15.1. The molecule has 3 aliphatic rings. The van der Waals surface area contributed by atoms with Crippen LogP contribution in [0.25, 0.3) is 5.52 Å². The number of anilines is 2. The van der Waals surface area contributed by atoms with Crippen LogP contribution < -0.4 is 15.5 Å². The van der Waals surface area contributed by atoms with Gasteiger partial charge in [-0.25, -0.2) is 9.50 Å². The number of fused-ring (bicyclic) bond motifs is 4. The summed E-state index contributed by atoms with van der Waals surface area (Å²) in [7, 11) is 1.80. The van der Waals surface area contributed by atoms with Gasteiger partial charge in [-0.15, -0.1) is 5.10 Å². The smallest absolute Gasteiger partial charge is 0.274 e. The summed E-state index contributed by atoms with van der Waals surface area (Å²) in [5.74, 6) is 0.432.